The minimum Gasteiger partial charge on any atom is -0.396 e. The van der Waals surface area contributed by atoms with Gasteiger partial charge in [0.15, 0.2) is 0 Å². The van der Waals surface area contributed by atoms with Crippen LogP contribution in [-0.4, -0.2) is 17.8 Å². The maximum atomic E-state index is 9.20. The molecule has 3 unspecified atom stereocenters. The fourth-order valence-corrected chi connectivity index (χ4v) is 2.65. The quantitative estimate of drug-likeness (QED) is 0.716. The van der Waals surface area contributed by atoms with Gasteiger partial charge in [-0.05, 0) is 42.9 Å². The van der Waals surface area contributed by atoms with E-state index in [-0.39, 0.29) is 12.6 Å². The van der Waals surface area contributed by atoms with Gasteiger partial charge in [0, 0.05) is 12.6 Å². The van der Waals surface area contributed by atoms with E-state index in [0.29, 0.717) is 11.3 Å². The molecule has 0 radical (unpaired) electrons. The smallest absolute Gasteiger partial charge is 0.0474 e. The predicted molar refractivity (Wildman–Crippen MR) is 60.0 cm³/mol. The molecule has 84 valence electrons. The van der Waals surface area contributed by atoms with Crippen LogP contribution in [0.15, 0.2) is 0 Å². The molecule has 0 spiro atoms. The predicted octanol–water partition coefficient (Wildman–Crippen LogP) is 2.16. The number of hydrogen-bond donors (Lipinski definition) is 2. The molecule has 0 aromatic carbocycles. The second-order valence-corrected chi connectivity index (χ2v) is 6.05. The molecule has 0 amide bonds. The number of nitrogens with two attached hydrogens (primary N) is 1. The number of hydrogen-bond acceptors (Lipinski definition) is 2. The summed E-state index contributed by atoms with van der Waals surface area (Å²) in [5.74, 6) is 1.11. The summed E-state index contributed by atoms with van der Waals surface area (Å²) in [5.41, 5.74) is 6.36. The fourth-order valence-electron chi connectivity index (χ4n) is 2.65. The Morgan fingerprint density at radius 2 is 1.93 bits per heavy atom. The summed E-state index contributed by atoms with van der Waals surface area (Å²) in [6.45, 7) is 7.13. The normalized spacial score (nSPS) is 34.5. The van der Waals surface area contributed by atoms with Gasteiger partial charge >= 0.3 is 0 Å². The van der Waals surface area contributed by atoms with Gasteiger partial charge in [0.1, 0.15) is 0 Å². The zero-order valence-electron chi connectivity index (χ0n) is 9.79. The first-order valence-electron chi connectivity index (χ1n) is 5.79. The third-order valence-corrected chi connectivity index (χ3v) is 3.29. The van der Waals surface area contributed by atoms with Crippen molar-refractivity contribution in [1.29, 1.82) is 0 Å². The minimum atomic E-state index is 0.233. The lowest BCUT2D eigenvalue weighted by molar-refractivity contribution is 0.121. The monoisotopic (exact) mass is 199 g/mol. The van der Waals surface area contributed by atoms with Crippen LogP contribution in [0.3, 0.4) is 0 Å². The molecule has 14 heavy (non-hydrogen) atoms. The van der Waals surface area contributed by atoms with E-state index in [1.807, 2.05) is 0 Å². The molecule has 3 N–H and O–H groups in total. The van der Waals surface area contributed by atoms with E-state index in [1.54, 1.807) is 0 Å². The molecule has 1 aliphatic carbocycles. The van der Waals surface area contributed by atoms with Crippen molar-refractivity contribution in [2.45, 2.75) is 52.5 Å². The van der Waals surface area contributed by atoms with Crippen LogP contribution in [0.5, 0.6) is 0 Å². The Kier molecular flexibility index (Phi) is 3.96. The van der Waals surface area contributed by atoms with Gasteiger partial charge in [0.25, 0.3) is 0 Å². The Morgan fingerprint density at radius 1 is 1.29 bits per heavy atom. The van der Waals surface area contributed by atoms with Crippen molar-refractivity contribution in [3.63, 3.8) is 0 Å². The SMILES string of the molecule is CC(C)(C)CC1CCC(N)C(CO)C1. The molecule has 0 aromatic rings. The van der Waals surface area contributed by atoms with E-state index < -0.39 is 0 Å². The highest BCUT2D eigenvalue weighted by molar-refractivity contribution is 4.83. The van der Waals surface area contributed by atoms with E-state index in [2.05, 4.69) is 20.8 Å². The van der Waals surface area contributed by atoms with Crippen molar-refractivity contribution in [2.24, 2.45) is 23.0 Å². The van der Waals surface area contributed by atoms with Crippen LogP contribution in [0.1, 0.15) is 46.5 Å². The Labute approximate surface area is 87.9 Å². The van der Waals surface area contributed by atoms with E-state index in [4.69, 9.17) is 5.73 Å². The number of aliphatic hydroxyl groups excluding tert-OH is 1. The molecule has 1 saturated carbocycles. The van der Waals surface area contributed by atoms with Gasteiger partial charge in [-0.15, -0.1) is 0 Å². The highest BCUT2D eigenvalue weighted by atomic mass is 16.3. The molecule has 1 aliphatic rings. The van der Waals surface area contributed by atoms with Crippen molar-refractivity contribution >= 4 is 0 Å². The molecular weight excluding hydrogens is 174 g/mol. The average molecular weight is 199 g/mol. The topological polar surface area (TPSA) is 46.2 Å². The van der Waals surface area contributed by atoms with Crippen molar-refractivity contribution in [3.8, 4) is 0 Å². The van der Waals surface area contributed by atoms with E-state index in [9.17, 15) is 5.11 Å². The van der Waals surface area contributed by atoms with Crippen LogP contribution in [0.4, 0.5) is 0 Å². The summed E-state index contributed by atoms with van der Waals surface area (Å²) in [6, 6.07) is 0.233. The summed E-state index contributed by atoms with van der Waals surface area (Å²) in [6.07, 6.45) is 4.71. The molecule has 0 aliphatic heterocycles. The van der Waals surface area contributed by atoms with Crippen molar-refractivity contribution in [2.75, 3.05) is 6.61 Å². The third-order valence-electron chi connectivity index (χ3n) is 3.29. The molecule has 1 fully saturated rings. The summed E-state index contributed by atoms with van der Waals surface area (Å²) >= 11 is 0. The molecule has 2 heteroatoms. The number of aliphatic hydroxyl groups is 1. The lowest BCUT2D eigenvalue weighted by Crippen LogP contribution is -2.38. The van der Waals surface area contributed by atoms with Crippen LogP contribution in [-0.2, 0) is 0 Å². The van der Waals surface area contributed by atoms with Crippen LogP contribution in [0.25, 0.3) is 0 Å². The second-order valence-electron chi connectivity index (χ2n) is 6.05. The first-order chi connectivity index (χ1) is 6.42. The zero-order valence-corrected chi connectivity index (χ0v) is 9.79. The van der Waals surface area contributed by atoms with Gasteiger partial charge in [0.05, 0.1) is 0 Å². The molecule has 0 saturated heterocycles. The Hall–Kier alpha value is -0.0800. The highest BCUT2D eigenvalue weighted by Gasteiger charge is 2.29. The van der Waals surface area contributed by atoms with Crippen molar-refractivity contribution in [3.05, 3.63) is 0 Å². The molecule has 2 nitrogen and oxygen atoms in total. The molecule has 3 atom stereocenters. The Balaban J connectivity index is 2.43. The second kappa shape index (κ2) is 4.63. The maximum Gasteiger partial charge on any atom is 0.0474 e. The molecule has 0 heterocycles. The summed E-state index contributed by atoms with van der Waals surface area (Å²) in [7, 11) is 0. The van der Waals surface area contributed by atoms with Gasteiger partial charge in [-0.3, -0.25) is 0 Å². The van der Waals surface area contributed by atoms with Crippen LogP contribution >= 0.6 is 0 Å². The van der Waals surface area contributed by atoms with Crippen LogP contribution in [0, 0.1) is 17.3 Å². The van der Waals surface area contributed by atoms with E-state index >= 15 is 0 Å². The standard InChI is InChI=1S/C12H25NO/c1-12(2,3)7-9-4-5-11(13)10(6-9)8-14/h9-11,14H,4-8,13H2,1-3H3. The molecule has 0 aromatic heterocycles. The Bertz CT molecular complexity index is 174. The number of rotatable bonds is 2. The summed E-state index contributed by atoms with van der Waals surface area (Å²) in [5, 5.41) is 9.20. The van der Waals surface area contributed by atoms with Crippen LogP contribution in [0.2, 0.25) is 0 Å². The lowest BCUT2D eigenvalue weighted by Gasteiger charge is -2.36. The third kappa shape index (κ3) is 3.58. The van der Waals surface area contributed by atoms with Gasteiger partial charge in [-0.25, -0.2) is 0 Å². The van der Waals surface area contributed by atoms with Gasteiger partial charge in [-0.1, -0.05) is 20.8 Å². The van der Waals surface area contributed by atoms with E-state index in [1.165, 1.54) is 12.8 Å². The average Bonchev–Trinajstić information content (AvgIpc) is 2.06. The zero-order chi connectivity index (χ0) is 10.8. The molecule has 1 rings (SSSR count). The van der Waals surface area contributed by atoms with E-state index in [0.717, 1.165) is 18.8 Å². The first kappa shape index (κ1) is 12.0. The lowest BCUT2D eigenvalue weighted by atomic mass is 9.72. The van der Waals surface area contributed by atoms with Gasteiger partial charge < -0.3 is 10.8 Å². The van der Waals surface area contributed by atoms with Crippen molar-refractivity contribution < 1.29 is 5.11 Å². The highest BCUT2D eigenvalue weighted by Crippen LogP contribution is 2.36. The summed E-state index contributed by atoms with van der Waals surface area (Å²) < 4.78 is 0. The van der Waals surface area contributed by atoms with Gasteiger partial charge in [0.2, 0.25) is 0 Å². The Morgan fingerprint density at radius 3 is 2.43 bits per heavy atom. The largest absolute Gasteiger partial charge is 0.396 e. The summed E-state index contributed by atoms with van der Waals surface area (Å²) in [4.78, 5) is 0. The molecular formula is C12H25NO. The fraction of sp³-hybridized carbons (Fsp3) is 1.00. The first-order valence-corrected chi connectivity index (χ1v) is 5.79. The maximum absolute atomic E-state index is 9.20. The minimum absolute atomic E-state index is 0.233. The van der Waals surface area contributed by atoms with Crippen LogP contribution < -0.4 is 5.73 Å². The van der Waals surface area contributed by atoms with Crippen molar-refractivity contribution in [1.82, 2.24) is 0 Å². The van der Waals surface area contributed by atoms with Gasteiger partial charge in [-0.2, -0.15) is 0 Å². The molecule has 0 bridgehead atoms.